The van der Waals surface area contributed by atoms with Gasteiger partial charge in [-0.3, -0.25) is 0 Å². The topological polar surface area (TPSA) is 0 Å². The molecule has 1 atom stereocenters. The van der Waals surface area contributed by atoms with Gasteiger partial charge in [0.05, 0.1) is 0 Å². The predicted molar refractivity (Wildman–Crippen MR) is 30.8 cm³/mol. The largest absolute Gasteiger partial charge is 0.0596 e. The van der Waals surface area contributed by atoms with Gasteiger partial charge in [0.1, 0.15) is 0 Å². The van der Waals surface area contributed by atoms with Crippen molar-refractivity contribution in [2.45, 2.75) is 13.3 Å². The molecule has 1 heteroatoms. The molecule has 0 bridgehead atoms. The third-order valence-electron chi connectivity index (χ3n) is 1.15. The van der Waals surface area contributed by atoms with Crippen LogP contribution in [0.4, 0.5) is 0 Å². The summed E-state index contributed by atoms with van der Waals surface area (Å²) in [5.74, 6) is 0.879. The van der Waals surface area contributed by atoms with E-state index in [1.54, 1.807) is 5.57 Å². The van der Waals surface area contributed by atoms with E-state index >= 15 is 0 Å². The maximum atomic E-state index is 3.25. The molecule has 0 heterocycles. The predicted octanol–water partition coefficient (Wildman–Crippen LogP) is 2.31. The van der Waals surface area contributed by atoms with Crippen molar-refractivity contribution < 1.29 is 0 Å². The van der Waals surface area contributed by atoms with Crippen LogP contribution in [0.2, 0.25) is 0 Å². The highest BCUT2D eigenvalue weighted by Crippen LogP contribution is 2.37. The molecule has 0 aromatic carbocycles. The molecule has 1 unspecified atom stereocenters. The molecule has 0 saturated heterocycles. The van der Waals surface area contributed by atoms with E-state index < -0.39 is 0 Å². The van der Waals surface area contributed by atoms with Gasteiger partial charge in [0.2, 0.25) is 0 Å². The van der Waals surface area contributed by atoms with Crippen molar-refractivity contribution in [3.63, 3.8) is 0 Å². The van der Waals surface area contributed by atoms with Crippen molar-refractivity contribution in [2.24, 2.45) is 5.92 Å². The van der Waals surface area contributed by atoms with Gasteiger partial charge in [0, 0.05) is 0 Å². The summed E-state index contributed by atoms with van der Waals surface area (Å²) < 4.78 is 0. The first kappa shape index (κ1) is 4.38. The number of rotatable bonds is 0. The molecule has 0 spiro atoms. The van der Waals surface area contributed by atoms with Crippen molar-refractivity contribution in [1.82, 2.24) is 0 Å². The van der Waals surface area contributed by atoms with Gasteiger partial charge in [0.15, 0.2) is 0 Å². The first-order valence-corrected chi connectivity index (χ1v) is 3.05. The van der Waals surface area contributed by atoms with Crippen LogP contribution in [0.15, 0.2) is 10.6 Å². The average Bonchev–Trinajstić information content (AvgIpc) is 2.19. The van der Waals surface area contributed by atoms with E-state index in [1.807, 2.05) is 4.99 Å². The van der Waals surface area contributed by atoms with Crippen LogP contribution in [-0.4, -0.2) is 0 Å². The van der Waals surface area contributed by atoms with Crippen LogP contribution >= 0.6 is 15.9 Å². The molecule has 1 saturated carbocycles. The van der Waals surface area contributed by atoms with Crippen LogP contribution in [0.5, 0.6) is 0 Å². The van der Waals surface area contributed by atoms with E-state index in [0.717, 1.165) is 5.92 Å². The van der Waals surface area contributed by atoms with E-state index in [-0.39, 0.29) is 0 Å². The molecule has 0 aliphatic heterocycles. The van der Waals surface area contributed by atoms with E-state index in [2.05, 4.69) is 22.9 Å². The average molecular weight is 147 g/mol. The summed E-state index contributed by atoms with van der Waals surface area (Å²) in [6.07, 6.45) is 1.31. The standard InChI is InChI=1S/C5H7Br/c1-4-2-5(4)3-6/h3-4H,2H2,1H3/b5-3-. The maximum Gasteiger partial charge on any atom is -0.0186 e. The summed E-state index contributed by atoms with van der Waals surface area (Å²) in [6.45, 7) is 2.23. The minimum absolute atomic E-state index is 0.879. The van der Waals surface area contributed by atoms with Crippen molar-refractivity contribution in [3.05, 3.63) is 10.6 Å². The summed E-state index contributed by atoms with van der Waals surface area (Å²) in [5.41, 5.74) is 1.55. The molecule has 1 fully saturated rings. The van der Waals surface area contributed by atoms with Crippen molar-refractivity contribution in [1.29, 1.82) is 0 Å². The Bertz CT molecular complexity index is 83.9. The van der Waals surface area contributed by atoms with Gasteiger partial charge in [-0.2, -0.15) is 0 Å². The smallest absolute Gasteiger partial charge is 0.0186 e. The Morgan fingerprint density at radius 3 is 2.50 bits per heavy atom. The Hall–Kier alpha value is 0.220. The maximum absolute atomic E-state index is 3.25. The van der Waals surface area contributed by atoms with Crippen LogP contribution in [0, 0.1) is 5.92 Å². The Labute approximate surface area is 46.4 Å². The molecule has 1 aliphatic carbocycles. The number of hydrogen-bond donors (Lipinski definition) is 0. The zero-order valence-electron chi connectivity index (χ0n) is 3.74. The summed E-state index contributed by atoms with van der Waals surface area (Å²) in [6, 6.07) is 0. The van der Waals surface area contributed by atoms with Crippen LogP contribution in [0.1, 0.15) is 13.3 Å². The molecule has 0 N–H and O–H groups in total. The monoisotopic (exact) mass is 146 g/mol. The second kappa shape index (κ2) is 1.38. The molecule has 0 radical (unpaired) electrons. The lowest BCUT2D eigenvalue weighted by Gasteiger charge is -1.62. The van der Waals surface area contributed by atoms with Gasteiger partial charge in [-0.15, -0.1) is 0 Å². The number of allylic oxidation sites excluding steroid dienone is 1. The fourth-order valence-electron chi connectivity index (χ4n) is 0.447. The summed E-state index contributed by atoms with van der Waals surface area (Å²) in [7, 11) is 0. The van der Waals surface area contributed by atoms with E-state index in [9.17, 15) is 0 Å². The lowest BCUT2D eigenvalue weighted by Crippen LogP contribution is -1.48. The van der Waals surface area contributed by atoms with Crippen LogP contribution in [-0.2, 0) is 0 Å². The van der Waals surface area contributed by atoms with Gasteiger partial charge >= 0.3 is 0 Å². The summed E-state index contributed by atoms with van der Waals surface area (Å²) in [4.78, 5) is 2.03. The molecule has 1 aliphatic rings. The molecule has 0 aromatic rings. The number of hydrogen-bond acceptors (Lipinski definition) is 0. The summed E-state index contributed by atoms with van der Waals surface area (Å²) in [5, 5.41) is 0. The van der Waals surface area contributed by atoms with Gasteiger partial charge < -0.3 is 0 Å². The van der Waals surface area contributed by atoms with Crippen LogP contribution < -0.4 is 0 Å². The van der Waals surface area contributed by atoms with Gasteiger partial charge in [-0.05, 0) is 17.3 Å². The third kappa shape index (κ3) is 0.648. The fourth-order valence-corrected chi connectivity index (χ4v) is 1.08. The Morgan fingerprint density at radius 1 is 2.00 bits per heavy atom. The van der Waals surface area contributed by atoms with Crippen LogP contribution in [0.25, 0.3) is 0 Å². The van der Waals surface area contributed by atoms with E-state index in [0.29, 0.717) is 0 Å². The Morgan fingerprint density at radius 2 is 2.50 bits per heavy atom. The first-order valence-electron chi connectivity index (χ1n) is 2.13. The lowest BCUT2D eigenvalue weighted by atomic mass is 10.5. The van der Waals surface area contributed by atoms with Gasteiger partial charge in [-0.25, -0.2) is 0 Å². The first-order chi connectivity index (χ1) is 2.84. The zero-order chi connectivity index (χ0) is 4.57. The zero-order valence-corrected chi connectivity index (χ0v) is 5.33. The normalized spacial score (nSPS) is 37.7. The van der Waals surface area contributed by atoms with Gasteiger partial charge in [0.25, 0.3) is 0 Å². The minimum atomic E-state index is 0.879. The van der Waals surface area contributed by atoms with Crippen LogP contribution in [0.3, 0.4) is 0 Å². The fraction of sp³-hybridized carbons (Fsp3) is 0.600. The summed E-state index contributed by atoms with van der Waals surface area (Å²) >= 11 is 3.25. The Kier molecular flexibility index (Phi) is 1.00. The highest BCUT2D eigenvalue weighted by molar-refractivity contribution is 9.11. The molecule has 1 rings (SSSR count). The molecule has 34 valence electrons. The van der Waals surface area contributed by atoms with Crippen molar-refractivity contribution in [2.75, 3.05) is 0 Å². The molecule has 6 heavy (non-hydrogen) atoms. The molecule has 0 amide bonds. The second-order valence-electron chi connectivity index (χ2n) is 1.79. The highest BCUT2D eigenvalue weighted by atomic mass is 79.9. The quantitative estimate of drug-likeness (QED) is 0.493. The Balaban J connectivity index is 2.44. The molecule has 0 aromatic heterocycles. The van der Waals surface area contributed by atoms with Gasteiger partial charge in [-0.1, -0.05) is 28.4 Å². The van der Waals surface area contributed by atoms with E-state index in [1.165, 1.54) is 6.42 Å². The molecule has 0 nitrogen and oxygen atoms in total. The van der Waals surface area contributed by atoms with Crippen molar-refractivity contribution >= 4 is 15.9 Å². The molecular formula is C5H7Br. The highest BCUT2D eigenvalue weighted by Gasteiger charge is 2.22. The lowest BCUT2D eigenvalue weighted by molar-refractivity contribution is 1.02. The SMILES string of the molecule is CC1C/C1=C/Br. The molecular weight excluding hydrogens is 140 g/mol. The minimum Gasteiger partial charge on any atom is -0.0596 e. The second-order valence-corrected chi connectivity index (χ2v) is 2.25. The number of halogens is 1. The van der Waals surface area contributed by atoms with E-state index in [4.69, 9.17) is 0 Å². The third-order valence-corrected chi connectivity index (χ3v) is 1.74. The van der Waals surface area contributed by atoms with Crippen molar-refractivity contribution in [3.8, 4) is 0 Å².